The molecular weight excluding hydrogens is 318 g/mol. The van der Waals surface area contributed by atoms with Crippen LogP contribution in [0.2, 0.25) is 0 Å². The van der Waals surface area contributed by atoms with E-state index in [0.29, 0.717) is 18.2 Å². The largest absolute Gasteiger partial charge is 0.438 e. The van der Waals surface area contributed by atoms with Crippen molar-refractivity contribution in [3.05, 3.63) is 42.4 Å². The summed E-state index contributed by atoms with van der Waals surface area (Å²) in [5.74, 6) is 1.14. The number of oxazole rings is 1. The van der Waals surface area contributed by atoms with Crippen LogP contribution in [0.5, 0.6) is 0 Å². The third-order valence-electron chi connectivity index (χ3n) is 4.04. The van der Waals surface area contributed by atoms with Gasteiger partial charge in [-0.2, -0.15) is 0 Å². The van der Waals surface area contributed by atoms with E-state index >= 15 is 0 Å². The second kappa shape index (κ2) is 8.67. The van der Waals surface area contributed by atoms with Crippen molar-refractivity contribution >= 4 is 6.03 Å². The van der Waals surface area contributed by atoms with Crippen LogP contribution in [0.25, 0.3) is 11.3 Å². The highest BCUT2D eigenvalue weighted by Gasteiger charge is 2.17. The van der Waals surface area contributed by atoms with E-state index in [-0.39, 0.29) is 24.1 Å². The average Bonchev–Trinajstić information content (AvgIpc) is 3.10. The van der Waals surface area contributed by atoms with Crippen molar-refractivity contribution in [2.45, 2.75) is 39.7 Å². The van der Waals surface area contributed by atoms with Gasteiger partial charge in [-0.1, -0.05) is 44.2 Å². The van der Waals surface area contributed by atoms with Gasteiger partial charge in [0.25, 0.3) is 0 Å². The standard InChI is InChI=1S/C19H27N3O3/c1-14(22-18(24)20-11-7-10-19(2,3)13-23)17-21-12-16(25-17)15-8-5-4-6-9-15/h4-6,8-9,12,14,23H,7,10-11,13H2,1-3H3,(H2,20,22,24). The van der Waals surface area contributed by atoms with Gasteiger partial charge in [0.1, 0.15) is 6.04 Å². The van der Waals surface area contributed by atoms with E-state index in [1.165, 1.54) is 0 Å². The molecule has 6 nitrogen and oxygen atoms in total. The van der Waals surface area contributed by atoms with Gasteiger partial charge in [0, 0.05) is 18.7 Å². The SMILES string of the molecule is CC(NC(=O)NCCCC(C)(C)CO)c1ncc(-c2ccccc2)o1. The lowest BCUT2D eigenvalue weighted by Crippen LogP contribution is -2.37. The quantitative estimate of drug-likeness (QED) is 0.639. The summed E-state index contributed by atoms with van der Waals surface area (Å²) in [6.45, 7) is 6.53. The predicted octanol–water partition coefficient (Wildman–Crippen LogP) is 3.50. The van der Waals surface area contributed by atoms with E-state index in [0.717, 1.165) is 18.4 Å². The summed E-state index contributed by atoms with van der Waals surface area (Å²) in [4.78, 5) is 16.2. The summed E-state index contributed by atoms with van der Waals surface area (Å²) < 4.78 is 5.74. The van der Waals surface area contributed by atoms with Crippen LogP contribution in [0.3, 0.4) is 0 Å². The third kappa shape index (κ3) is 5.90. The molecule has 0 aliphatic carbocycles. The van der Waals surface area contributed by atoms with Crippen molar-refractivity contribution in [2.75, 3.05) is 13.2 Å². The zero-order valence-electron chi connectivity index (χ0n) is 15.1. The Morgan fingerprint density at radius 1 is 1.32 bits per heavy atom. The van der Waals surface area contributed by atoms with E-state index < -0.39 is 0 Å². The summed E-state index contributed by atoms with van der Waals surface area (Å²) in [5.41, 5.74) is 0.835. The van der Waals surface area contributed by atoms with Crippen LogP contribution in [-0.2, 0) is 0 Å². The fraction of sp³-hybridized carbons (Fsp3) is 0.474. The number of nitrogens with zero attached hydrogens (tertiary/aromatic N) is 1. The number of hydrogen-bond donors (Lipinski definition) is 3. The van der Waals surface area contributed by atoms with Crippen LogP contribution < -0.4 is 10.6 Å². The number of carbonyl (C=O) groups excluding carboxylic acids is 1. The molecule has 0 radical (unpaired) electrons. The Balaban J connectivity index is 1.79. The number of urea groups is 1. The minimum absolute atomic E-state index is 0.114. The molecule has 1 unspecified atom stereocenters. The fourth-order valence-electron chi connectivity index (χ4n) is 2.38. The van der Waals surface area contributed by atoms with Crippen molar-refractivity contribution < 1.29 is 14.3 Å². The first kappa shape index (κ1) is 19.0. The maximum atomic E-state index is 12.0. The molecule has 1 heterocycles. The van der Waals surface area contributed by atoms with E-state index in [4.69, 9.17) is 4.42 Å². The molecule has 0 saturated carbocycles. The molecule has 6 heteroatoms. The van der Waals surface area contributed by atoms with Gasteiger partial charge in [0.15, 0.2) is 5.76 Å². The van der Waals surface area contributed by atoms with Crippen LogP contribution >= 0.6 is 0 Å². The normalized spacial score (nSPS) is 12.6. The second-order valence-corrected chi connectivity index (χ2v) is 6.98. The molecule has 0 aliphatic rings. The van der Waals surface area contributed by atoms with Gasteiger partial charge >= 0.3 is 6.03 Å². The van der Waals surface area contributed by atoms with Gasteiger partial charge in [-0.3, -0.25) is 0 Å². The fourth-order valence-corrected chi connectivity index (χ4v) is 2.38. The summed E-state index contributed by atoms with van der Waals surface area (Å²) >= 11 is 0. The zero-order chi connectivity index (χ0) is 18.3. The van der Waals surface area contributed by atoms with Crippen LogP contribution in [0, 0.1) is 5.41 Å². The van der Waals surface area contributed by atoms with Gasteiger partial charge < -0.3 is 20.2 Å². The van der Waals surface area contributed by atoms with E-state index in [1.807, 2.05) is 51.1 Å². The highest BCUT2D eigenvalue weighted by Crippen LogP contribution is 2.23. The van der Waals surface area contributed by atoms with Gasteiger partial charge in [0.2, 0.25) is 5.89 Å². The van der Waals surface area contributed by atoms with Gasteiger partial charge in [0.05, 0.1) is 6.20 Å². The number of amides is 2. The number of rotatable bonds is 8. The predicted molar refractivity (Wildman–Crippen MR) is 97.0 cm³/mol. The number of hydrogen-bond acceptors (Lipinski definition) is 4. The monoisotopic (exact) mass is 345 g/mol. The topological polar surface area (TPSA) is 87.4 Å². The molecule has 0 bridgehead atoms. The Kier molecular flexibility index (Phi) is 6.58. The molecule has 1 aromatic heterocycles. The Labute approximate surface area is 148 Å². The van der Waals surface area contributed by atoms with E-state index in [9.17, 15) is 9.90 Å². The molecule has 0 fully saturated rings. The highest BCUT2D eigenvalue weighted by atomic mass is 16.4. The summed E-state index contributed by atoms with van der Waals surface area (Å²) in [5, 5.41) is 14.8. The minimum atomic E-state index is -0.327. The smallest absolute Gasteiger partial charge is 0.315 e. The molecule has 2 rings (SSSR count). The van der Waals surface area contributed by atoms with Gasteiger partial charge in [-0.15, -0.1) is 0 Å². The molecule has 3 N–H and O–H groups in total. The Morgan fingerprint density at radius 3 is 2.72 bits per heavy atom. The molecule has 0 saturated heterocycles. The van der Waals surface area contributed by atoms with Crippen LogP contribution in [0.4, 0.5) is 4.79 Å². The lowest BCUT2D eigenvalue weighted by molar-refractivity contribution is 0.148. The molecule has 0 spiro atoms. The van der Waals surface area contributed by atoms with E-state index in [2.05, 4.69) is 15.6 Å². The Morgan fingerprint density at radius 2 is 2.04 bits per heavy atom. The van der Waals surface area contributed by atoms with Crippen molar-refractivity contribution in [3.63, 3.8) is 0 Å². The summed E-state index contributed by atoms with van der Waals surface area (Å²) in [6.07, 6.45) is 3.32. The first-order valence-corrected chi connectivity index (χ1v) is 8.58. The molecule has 2 amide bonds. The number of benzene rings is 1. The number of aliphatic hydroxyl groups is 1. The maximum absolute atomic E-state index is 12.0. The van der Waals surface area contributed by atoms with Crippen molar-refractivity contribution in [3.8, 4) is 11.3 Å². The van der Waals surface area contributed by atoms with Gasteiger partial charge in [-0.25, -0.2) is 9.78 Å². The van der Waals surface area contributed by atoms with E-state index in [1.54, 1.807) is 6.20 Å². The molecule has 1 aromatic carbocycles. The van der Waals surface area contributed by atoms with Crippen molar-refractivity contribution in [1.29, 1.82) is 0 Å². The minimum Gasteiger partial charge on any atom is -0.438 e. The third-order valence-corrected chi connectivity index (χ3v) is 4.04. The summed E-state index contributed by atoms with van der Waals surface area (Å²) in [7, 11) is 0. The molecule has 0 aliphatic heterocycles. The van der Waals surface area contributed by atoms with Crippen LogP contribution in [-0.4, -0.2) is 29.3 Å². The Hall–Kier alpha value is -2.34. The van der Waals surface area contributed by atoms with Gasteiger partial charge in [-0.05, 0) is 25.2 Å². The molecular formula is C19H27N3O3. The van der Waals surface area contributed by atoms with Crippen LogP contribution in [0.15, 0.2) is 40.9 Å². The number of aromatic nitrogens is 1. The molecule has 136 valence electrons. The van der Waals surface area contributed by atoms with Crippen molar-refractivity contribution in [2.24, 2.45) is 5.41 Å². The molecule has 25 heavy (non-hydrogen) atoms. The number of aliphatic hydroxyl groups excluding tert-OH is 1. The zero-order valence-corrected chi connectivity index (χ0v) is 15.1. The molecule has 1 atom stereocenters. The first-order chi connectivity index (χ1) is 11.9. The van der Waals surface area contributed by atoms with Crippen molar-refractivity contribution in [1.82, 2.24) is 15.6 Å². The lowest BCUT2D eigenvalue weighted by Gasteiger charge is -2.21. The molecule has 2 aromatic rings. The first-order valence-electron chi connectivity index (χ1n) is 8.58. The second-order valence-electron chi connectivity index (χ2n) is 6.98. The number of nitrogens with one attached hydrogen (secondary N) is 2. The average molecular weight is 345 g/mol. The Bertz CT molecular complexity index is 668. The summed E-state index contributed by atoms with van der Waals surface area (Å²) in [6, 6.07) is 9.12. The lowest BCUT2D eigenvalue weighted by atomic mass is 9.89. The van der Waals surface area contributed by atoms with Crippen LogP contribution in [0.1, 0.15) is 45.5 Å². The highest BCUT2D eigenvalue weighted by molar-refractivity contribution is 5.74. The maximum Gasteiger partial charge on any atom is 0.315 e. The number of carbonyl (C=O) groups is 1.